The van der Waals surface area contributed by atoms with Crippen LogP contribution in [0.2, 0.25) is 0 Å². The SMILES string of the molecule is COc1cn(-c2ccc(-n3c(=O)ccn3C(F)F)cc2F)nc(-c2ccnn2-c2ccccc2)c1=O. The van der Waals surface area contributed by atoms with Gasteiger partial charge in [-0.05, 0) is 30.3 Å². The number of halogens is 3. The number of alkyl halides is 2. The molecule has 0 unspecified atom stereocenters. The summed E-state index contributed by atoms with van der Waals surface area (Å²) < 4.78 is 50.7. The summed E-state index contributed by atoms with van der Waals surface area (Å²) in [4.78, 5) is 25.1. The summed E-state index contributed by atoms with van der Waals surface area (Å²) in [6.07, 6.45) is 3.62. The predicted molar refractivity (Wildman–Crippen MR) is 124 cm³/mol. The molecule has 9 nitrogen and oxygen atoms in total. The molecule has 0 bridgehead atoms. The lowest BCUT2D eigenvalue weighted by Crippen LogP contribution is -2.22. The van der Waals surface area contributed by atoms with Crippen LogP contribution in [0.3, 0.4) is 0 Å². The second-order valence-electron chi connectivity index (χ2n) is 7.54. The first-order valence-electron chi connectivity index (χ1n) is 10.6. The molecular formula is C24H17F3N6O3. The smallest absolute Gasteiger partial charge is 0.332 e. The van der Waals surface area contributed by atoms with Crippen LogP contribution in [0.4, 0.5) is 13.2 Å². The van der Waals surface area contributed by atoms with Gasteiger partial charge in [-0.15, -0.1) is 0 Å². The van der Waals surface area contributed by atoms with E-state index in [2.05, 4.69) is 10.2 Å². The maximum absolute atomic E-state index is 15.2. The Balaban J connectivity index is 1.64. The highest BCUT2D eigenvalue weighted by Crippen LogP contribution is 2.23. The van der Waals surface area contributed by atoms with E-state index in [4.69, 9.17) is 4.74 Å². The first-order chi connectivity index (χ1) is 17.4. The van der Waals surface area contributed by atoms with Gasteiger partial charge in [-0.1, -0.05) is 18.2 Å². The van der Waals surface area contributed by atoms with Crippen LogP contribution in [-0.4, -0.2) is 36.0 Å². The molecule has 12 heteroatoms. The van der Waals surface area contributed by atoms with Gasteiger partial charge in [-0.25, -0.2) is 23.1 Å². The van der Waals surface area contributed by atoms with Crippen LogP contribution in [0.25, 0.3) is 28.5 Å². The van der Waals surface area contributed by atoms with E-state index in [-0.39, 0.29) is 22.8 Å². The standard InChI is InChI=1S/C24H17F3N6O3/c1-36-20-14-30(18-8-7-16(13-17(18)25)33-21(34)10-12-31(33)24(26)27)29-22(23(20)35)19-9-11-28-32(19)15-5-3-2-4-6-15/h2-14,24H,1H3. The van der Waals surface area contributed by atoms with Gasteiger partial charge in [0.25, 0.3) is 11.0 Å². The second-order valence-corrected chi connectivity index (χ2v) is 7.54. The van der Waals surface area contributed by atoms with Crippen molar-refractivity contribution in [3.05, 3.63) is 106 Å². The minimum Gasteiger partial charge on any atom is -0.491 e. The van der Waals surface area contributed by atoms with E-state index < -0.39 is 23.4 Å². The topological polar surface area (TPSA) is 88.9 Å². The van der Waals surface area contributed by atoms with Crippen molar-refractivity contribution in [3.8, 4) is 34.2 Å². The maximum atomic E-state index is 15.2. The fraction of sp³-hybridized carbons (Fsp3) is 0.0833. The van der Waals surface area contributed by atoms with E-state index in [0.717, 1.165) is 23.0 Å². The fourth-order valence-electron chi connectivity index (χ4n) is 3.78. The van der Waals surface area contributed by atoms with Crippen molar-refractivity contribution in [2.24, 2.45) is 0 Å². The van der Waals surface area contributed by atoms with Crippen LogP contribution in [0.1, 0.15) is 6.55 Å². The molecule has 5 rings (SSSR count). The Labute approximate surface area is 200 Å². The van der Waals surface area contributed by atoms with Gasteiger partial charge in [0.05, 0.1) is 36.6 Å². The zero-order valence-corrected chi connectivity index (χ0v) is 18.6. The highest BCUT2D eigenvalue weighted by Gasteiger charge is 2.20. The van der Waals surface area contributed by atoms with Crippen molar-refractivity contribution in [2.75, 3.05) is 7.11 Å². The predicted octanol–water partition coefficient (Wildman–Crippen LogP) is 3.58. The van der Waals surface area contributed by atoms with Crippen molar-refractivity contribution in [1.29, 1.82) is 0 Å². The van der Waals surface area contributed by atoms with E-state index in [1.54, 1.807) is 18.2 Å². The Morgan fingerprint density at radius 3 is 2.44 bits per heavy atom. The minimum absolute atomic E-state index is 0.0537. The van der Waals surface area contributed by atoms with E-state index in [9.17, 15) is 18.4 Å². The first kappa shape index (κ1) is 22.9. The number of aromatic nitrogens is 6. The van der Waals surface area contributed by atoms with Gasteiger partial charge in [-0.2, -0.15) is 19.0 Å². The molecule has 5 aromatic rings. The zero-order chi connectivity index (χ0) is 25.4. The summed E-state index contributed by atoms with van der Waals surface area (Å²) in [6.45, 7) is -3.00. The largest absolute Gasteiger partial charge is 0.491 e. The summed E-state index contributed by atoms with van der Waals surface area (Å²) in [5.41, 5.74) is -0.531. The van der Waals surface area contributed by atoms with Crippen LogP contribution >= 0.6 is 0 Å². The summed E-state index contributed by atoms with van der Waals surface area (Å²) in [6, 6.07) is 15.1. The van der Waals surface area contributed by atoms with Gasteiger partial charge in [-0.3, -0.25) is 9.59 Å². The number of hydrogen-bond donors (Lipinski definition) is 0. The molecule has 0 radical (unpaired) electrons. The molecule has 0 spiro atoms. The normalized spacial score (nSPS) is 11.2. The Morgan fingerprint density at radius 1 is 0.972 bits per heavy atom. The van der Waals surface area contributed by atoms with Crippen LogP contribution in [0.15, 0.2) is 88.8 Å². The van der Waals surface area contributed by atoms with Crippen LogP contribution in [0.5, 0.6) is 5.75 Å². The number of benzene rings is 2. The molecule has 182 valence electrons. The molecule has 0 atom stereocenters. The molecule has 0 aliphatic carbocycles. The van der Waals surface area contributed by atoms with Gasteiger partial charge in [0.15, 0.2) is 17.3 Å². The number of rotatable bonds is 6. The molecular weight excluding hydrogens is 477 g/mol. The highest BCUT2D eigenvalue weighted by atomic mass is 19.3. The summed E-state index contributed by atoms with van der Waals surface area (Å²) in [5.74, 6) is -0.978. The molecule has 0 fully saturated rings. The Hall–Kier alpha value is -4.87. The molecule has 3 aromatic heterocycles. The van der Waals surface area contributed by atoms with Gasteiger partial charge < -0.3 is 4.74 Å². The van der Waals surface area contributed by atoms with Crippen molar-refractivity contribution >= 4 is 0 Å². The van der Waals surface area contributed by atoms with Crippen molar-refractivity contribution in [2.45, 2.75) is 6.55 Å². The first-order valence-corrected chi connectivity index (χ1v) is 10.6. The molecule has 0 aliphatic rings. The van der Waals surface area contributed by atoms with E-state index in [0.29, 0.717) is 20.7 Å². The summed E-state index contributed by atoms with van der Waals surface area (Å²) in [7, 11) is 1.30. The molecule has 0 amide bonds. The minimum atomic E-state index is -3.00. The van der Waals surface area contributed by atoms with Gasteiger partial charge in [0, 0.05) is 18.3 Å². The van der Waals surface area contributed by atoms with Crippen LogP contribution in [0, 0.1) is 5.82 Å². The monoisotopic (exact) mass is 494 g/mol. The lowest BCUT2D eigenvalue weighted by molar-refractivity contribution is 0.0487. The van der Waals surface area contributed by atoms with E-state index >= 15 is 4.39 Å². The van der Waals surface area contributed by atoms with E-state index in [1.165, 1.54) is 36.3 Å². The number of methoxy groups -OCH3 is 1. The fourth-order valence-corrected chi connectivity index (χ4v) is 3.78. The average Bonchev–Trinajstić information content (AvgIpc) is 3.52. The molecule has 3 heterocycles. The maximum Gasteiger partial charge on any atom is 0.332 e. The molecule has 0 saturated heterocycles. The molecule has 0 aliphatic heterocycles. The Bertz CT molecular complexity index is 1670. The molecule has 0 N–H and O–H groups in total. The van der Waals surface area contributed by atoms with Crippen LogP contribution < -0.4 is 15.7 Å². The highest BCUT2D eigenvalue weighted by molar-refractivity contribution is 5.59. The van der Waals surface area contributed by atoms with Crippen LogP contribution in [-0.2, 0) is 0 Å². The Kier molecular flexibility index (Phi) is 5.76. The van der Waals surface area contributed by atoms with Crippen molar-refractivity contribution in [3.63, 3.8) is 0 Å². The molecule has 36 heavy (non-hydrogen) atoms. The third-order valence-electron chi connectivity index (χ3n) is 5.42. The van der Waals surface area contributed by atoms with E-state index in [1.807, 2.05) is 18.2 Å². The van der Waals surface area contributed by atoms with Crippen molar-refractivity contribution in [1.82, 2.24) is 28.9 Å². The third kappa shape index (κ3) is 3.87. The molecule has 0 saturated carbocycles. The number of ether oxygens (including phenoxy) is 1. The quantitative estimate of drug-likeness (QED) is 0.360. The number of hydrogen-bond acceptors (Lipinski definition) is 5. The summed E-state index contributed by atoms with van der Waals surface area (Å²) >= 11 is 0. The number of para-hydroxylation sites is 1. The lowest BCUT2D eigenvalue weighted by atomic mass is 10.2. The number of nitrogens with zero attached hydrogens (tertiary/aromatic N) is 6. The van der Waals surface area contributed by atoms with Gasteiger partial charge in [0.2, 0.25) is 0 Å². The lowest BCUT2D eigenvalue weighted by Gasteiger charge is -2.14. The summed E-state index contributed by atoms with van der Waals surface area (Å²) in [5, 5.41) is 8.59. The van der Waals surface area contributed by atoms with Gasteiger partial charge in [0.1, 0.15) is 5.69 Å². The third-order valence-corrected chi connectivity index (χ3v) is 5.42. The Morgan fingerprint density at radius 2 is 1.75 bits per heavy atom. The zero-order valence-electron chi connectivity index (χ0n) is 18.6. The van der Waals surface area contributed by atoms with Crippen molar-refractivity contribution < 1.29 is 17.9 Å². The average molecular weight is 494 g/mol. The van der Waals surface area contributed by atoms with Gasteiger partial charge >= 0.3 is 6.55 Å². The second kappa shape index (κ2) is 9.06. The molecule has 2 aromatic carbocycles.